The minimum atomic E-state index is -0.202. The van der Waals surface area contributed by atoms with Crippen molar-refractivity contribution in [2.75, 3.05) is 26.2 Å². The fraction of sp³-hybridized carbons (Fsp3) is 0.833. The summed E-state index contributed by atoms with van der Waals surface area (Å²) >= 11 is 0. The molecular weight excluding hydrogens is 234 g/mol. The summed E-state index contributed by atoms with van der Waals surface area (Å²) in [5.41, 5.74) is 0. The molecule has 1 saturated heterocycles. The van der Waals surface area contributed by atoms with E-state index in [1.165, 1.54) is 0 Å². The van der Waals surface area contributed by atoms with Crippen LogP contribution in [-0.2, 0) is 4.74 Å². The van der Waals surface area contributed by atoms with Gasteiger partial charge in [0.2, 0.25) is 11.7 Å². The highest BCUT2D eigenvalue weighted by molar-refractivity contribution is 5.03. The number of ether oxygens (including phenoxy) is 1. The number of aliphatic hydroxyl groups is 1. The van der Waals surface area contributed by atoms with Gasteiger partial charge in [-0.1, -0.05) is 12.1 Å². The zero-order valence-corrected chi connectivity index (χ0v) is 10.6. The van der Waals surface area contributed by atoms with Crippen molar-refractivity contribution in [1.29, 1.82) is 0 Å². The van der Waals surface area contributed by atoms with Gasteiger partial charge in [-0.25, -0.2) is 0 Å². The second-order valence-corrected chi connectivity index (χ2v) is 5.07. The number of hydrogen-bond donors (Lipinski definition) is 1. The van der Waals surface area contributed by atoms with Crippen LogP contribution < -0.4 is 0 Å². The van der Waals surface area contributed by atoms with Crippen LogP contribution in [0.4, 0.5) is 0 Å². The van der Waals surface area contributed by atoms with Gasteiger partial charge < -0.3 is 14.4 Å². The van der Waals surface area contributed by atoms with Crippen LogP contribution in [0.3, 0.4) is 0 Å². The maximum Gasteiger partial charge on any atom is 0.230 e. The van der Waals surface area contributed by atoms with Crippen molar-refractivity contribution in [1.82, 2.24) is 15.0 Å². The average Bonchev–Trinajstić information content (AvgIpc) is 2.84. The van der Waals surface area contributed by atoms with Crippen molar-refractivity contribution >= 4 is 0 Å². The molecule has 0 amide bonds. The van der Waals surface area contributed by atoms with Crippen LogP contribution >= 0.6 is 0 Å². The molecule has 1 atom stereocenters. The highest BCUT2D eigenvalue weighted by atomic mass is 16.5. The van der Waals surface area contributed by atoms with Crippen molar-refractivity contribution in [2.24, 2.45) is 0 Å². The summed E-state index contributed by atoms with van der Waals surface area (Å²) < 4.78 is 11.0. The van der Waals surface area contributed by atoms with Gasteiger partial charge in [0.25, 0.3) is 0 Å². The molecule has 1 aromatic rings. The molecule has 2 fully saturated rings. The Kier molecular flexibility index (Phi) is 3.32. The lowest BCUT2D eigenvalue weighted by Gasteiger charge is -2.30. The first-order valence-corrected chi connectivity index (χ1v) is 6.61. The van der Waals surface area contributed by atoms with Gasteiger partial charge in [0, 0.05) is 19.0 Å². The summed E-state index contributed by atoms with van der Waals surface area (Å²) in [5, 5.41) is 13.3. The van der Waals surface area contributed by atoms with E-state index in [-0.39, 0.29) is 18.1 Å². The van der Waals surface area contributed by atoms with Gasteiger partial charge in [0.15, 0.2) is 0 Å². The molecule has 1 aromatic heterocycles. The molecule has 1 aliphatic carbocycles. The topological polar surface area (TPSA) is 71.6 Å². The van der Waals surface area contributed by atoms with Crippen LogP contribution in [0.25, 0.3) is 0 Å². The van der Waals surface area contributed by atoms with Crippen LogP contribution in [0.2, 0.25) is 0 Å². The third-order valence-electron chi connectivity index (χ3n) is 3.81. The summed E-state index contributed by atoms with van der Waals surface area (Å²) in [6.45, 7) is 5.65. The average molecular weight is 253 g/mol. The molecule has 18 heavy (non-hydrogen) atoms. The summed E-state index contributed by atoms with van der Waals surface area (Å²) in [6, 6.07) is 0. The van der Waals surface area contributed by atoms with Crippen molar-refractivity contribution in [3.63, 3.8) is 0 Å². The van der Waals surface area contributed by atoms with Crippen LogP contribution in [0.5, 0.6) is 0 Å². The fourth-order valence-corrected chi connectivity index (χ4v) is 2.48. The first kappa shape index (κ1) is 12.1. The van der Waals surface area contributed by atoms with E-state index in [1.807, 2.05) is 0 Å². The van der Waals surface area contributed by atoms with Gasteiger partial charge >= 0.3 is 0 Å². The minimum absolute atomic E-state index is 0.0822. The van der Waals surface area contributed by atoms with Gasteiger partial charge in [-0.3, -0.25) is 4.90 Å². The lowest BCUT2D eigenvalue weighted by Crippen LogP contribution is -2.38. The van der Waals surface area contributed by atoms with E-state index in [0.717, 1.165) is 32.5 Å². The molecule has 0 aromatic carbocycles. The van der Waals surface area contributed by atoms with E-state index < -0.39 is 0 Å². The van der Waals surface area contributed by atoms with E-state index in [2.05, 4.69) is 22.0 Å². The van der Waals surface area contributed by atoms with E-state index in [4.69, 9.17) is 9.26 Å². The molecule has 1 saturated carbocycles. The smallest absolute Gasteiger partial charge is 0.230 e. The predicted octanol–water partition coefficient (Wildman–Crippen LogP) is 0.701. The van der Waals surface area contributed by atoms with Gasteiger partial charge in [-0.2, -0.15) is 4.98 Å². The van der Waals surface area contributed by atoms with Crippen LogP contribution in [0, 0.1) is 0 Å². The zero-order valence-electron chi connectivity index (χ0n) is 10.6. The Labute approximate surface area is 106 Å². The lowest BCUT2D eigenvalue weighted by molar-refractivity contribution is -0.0334. The van der Waals surface area contributed by atoms with Gasteiger partial charge in [0.05, 0.1) is 12.7 Å². The summed E-state index contributed by atoms with van der Waals surface area (Å²) in [5.74, 6) is 1.52. The molecule has 6 heteroatoms. The molecule has 100 valence electrons. The van der Waals surface area contributed by atoms with Crippen molar-refractivity contribution in [2.45, 2.75) is 37.9 Å². The van der Waals surface area contributed by atoms with E-state index in [1.54, 1.807) is 0 Å². The normalized spacial score (nSPS) is 33.3. The number of likely N-dealkylation sites (N-methyl/N-ethyl adjacent to an activating group) is 1. The van der Waals surface area contributed by atoms with E-state index >= 15 is 0 Å². The van der Waals surface area contributed by atoms with Crippen molar-refractivity contribution < 1.29 is 14.4 Å². The molecule has 6 nitrogen and oxygen atoms in total. The molecule has 2 aliphatic rings. The standard InChI is InChI=1S/C12H19N3O3/c1-2-15-3-4-17-10(7-15)11-13-12(18-14-11)8-5-9(16)6-8/h8-10,16H,2-7H2,1H3. The molecule has 2 heterocycles. The number of aliphatic hydroxyl groups excluding tert-OH is 1. The maximum atomic E-state index is 9.28. The molecule has 0 spiro atoms. The van der Waals surface area contributed by atoms with E-state index in [9.17, 15) is 5.11 Å². The van der Waals surface area contributed by atoms with Gasteiger partial charge in [0.1, 0.15) is 6.10 Å². The molecule has 1 unspecified atom stereocenters. The van der Waals surface area contributed by atoms with Crippen molar-refractivity contribution in [3.8, 4) is 0 Å². The Morgan fingerprint density at radius 1 is 1.44 bits per heavy atom. The lowest BCUT2D eigenvalue weighted by atomic mass is 9.82. The van der Waals surface area contributed by atoms with Crippen LogP contribution in [0.1, 0.15) is 43.5 Å². The molecule has 3 rings (SSSR count). The monoisotopic (exact) mass is 253 g/mol. The number of nitrogens with zero attached hydrogens (tertiary/aromatic N) is 3. The van der Waals surface area contributed by atoms with Gasteiger partial charge in [-0.15, -0.1) is 0 Å². The number of morpholine rings is 1. The first-order chi connectivity index (χ1) is 8.76. The largest absolute Gasteiger partial charge is 0.393 e. The second-order valence-electron chi connectivity index (χ2n) is 5.07. The van der Waals surface area contributed by atoms with Crippen LogP contribution in [0.15, 0.2) is 4.52 Å². The fourth-order valence-electron chi connectivity index (χ4n) is 2.48. The maximum absolute atomic E-state index is 9.28. The molecule has 0 bridgehead atoms. The third kappa shape index (κ3) is 2.28. The molecule has 1 aliphatic heterocycles. The van der Waals surface area contributed by atoms with E-state index in [0.29, 0.717) is 18.3 Å². The highest BCUT2D eigenvalue weighted by Crippen LogP contribution is 2.36. The SMILES string of the molecule is CCN1CCOC(c2noc(C3CC(O)C3)n2)C1. The van der Waals surface area contributed by atoms with Crippen LogP contribution in [-0.4, -0.2) is 52.5 Å². The molecule has 1 N–H and O–H groups in total. The van der Waals surface area contributed by atoms with Crippen molar-refractivity contribution in [3.05, 3.63) is 11.7 Å². The molecule has 0 radical (unpaired) electrons. The molecular formula is C12H19N3O3. The second kappa shape index (κ2) is 4.95. The summed E-state index contributed by atoms with van der Waals surface area (Å²) in [4.78, 5) is 6.74. The van der Waals surface area contributed by atoms with Gasteiger partial charge in [-0.05, 0) is 19.4 Å². The Balaban J connectivity index is 1.65. The Morgan fingerprint density at radius 3 is 3.00 bits per heavy atom. The Bertz CT molecular complexity index is 403. The highest BCUT2D eigenvalue weighted by Gasteiger charge is 2.34. The first-order valence-electron chi connectivity index (χ1n) is 6.61. The quantitative estimate of drug-likeness (QED) is 0.855. The number of hydrogen-bond acceptors (Lipinski definition) is 6. The Morgan fingerprint density at radius 2 is 2.28 bits per heavy atom. The predicted molar refractivity (Wildman–Crippen MR) is 63.1 cm³/mol. The number of rotatable bonds is 3. The zero-order chi connectivity index (χ0) is 12.5. The summed E-state index contributed by atoms with van der Waals surface area (Å²) in [7, 11) is 0. The minimum Gasteiger partial charge on any atom is -0.393 e. The third-order valence-corrected chi connectivity index (χ3v) is 3.81. The Hall–Kier alpha value is -0.980. The summed E-state index contributed by atoms with van der Waals surface area (Å²) in [6.07, 6.45) is 1.18. The number of aromatic nitrogens is 2.